The average molecular weight is 522 g/mol. The number of aliphatic hydroxyl groups is 1. The summed E-state index contributed by atoms with van der Waals surface area (Å²) in [6.07, 6.45) is 0. The van der Waals surface area contributed by atoms with E-state index < -0.39 is 15.8 Å². The van der Waals surface area contributed by atoms with E-state index in [0.717, 1.165) is 0 Å². The molecule has 0 saturated heterocycles. The molecule has 0 aliphatic heterocycles. The Morgan fingerprint density at radius 1 is 1.00 bits per heavy atom. The molecule has 2 aromatic carbocycles. The summed E-state index contributed by atoms with van der Waals surface area (Å²) in [6.45, 7) is 0.813. The fraction of sp³-hybridized carbons (Fsp3) is 0.235. The highest BCUT2D eigenvalue weighted by Crippen LogP contribution is 2.27. The molecule has 2 aromatic rings. The van der Waals surface area contributed by atoms with E-state index in [1.807, 2.05) is 0 Å². The Morgan fingerprint density at radius 3 is 1.79 bits per heavy atom. The second kappa shape index (κ2) is 12.2. The van der Waals surface area contributed by atoms with Crippen molar-refractivity contribution in [2.75, 3.05) is 0 Å². The third kappa shape index (κ3) is 7.33. The van der Waals surface area contributed by atoms with E-state index in [2.05, 4.69) is 31.9 Å². The van der Waals surface area contributed by atoms with E-state index in [4.69, 9.17) is 9.84 Å². The summed E-state index contributed by atoms with van der Waals surface area (Å²) < 4.78 is 5.83. The first kappa shape index (κ1) is 25.6. The van der Waals surface area contributed by atoms with Gasteiger partial charge in [0.15, 0.2) is 0 Å². The second-order valence-electron chi connectivity index (χ2n) is 4.93. The predicted molar refractivity (Wildman–Crippen MR) is 110 cm³/mol. The van der Waals surface area contributed by atoms with Crippen molar-refractivity contribution in [1.82, 2.24) is 0 Å². The van der Waals surface area contributed by atoms with Crippen molar-refractivity contribution in [1.29, 1.82) is 0 Å². The zero-order valence-corrected chi connectivity index (χ0v) is 17.1. The Hall–Kier alpha value is -2.37. The number of ether oxygens (including phenoxy) is 1. The molecule has 0 heterocycles. The van der Waals surface area contributed by atoms with Crippen LogP contribution in [0.4, 0.5) is 11.4 Å². The van der Waals surface area contributed by atoms with Crippen LogP contribution in [-0.2, 0) is 22.7 Å². The molecule has 0 bridgehead atoms. The summed E-state index contributed by atoms with van der Waals surface area (Å²) in [5.74, 6) is -0.472. The van der Waals surface area contributed by atoms with Crippen molar-refractivity contribution in [3.63, 3.8) is 0 Å². The molecule has 2 rings (SSSR count). The van der Waals surface area contributed by atoms with Gasteiger partial charge in [-0.05, 0) is 12.1 Å². The van der Waals surface area contributed by atoms with Crippen molar-refractivity contribution in [2.24, 2.45) is 0 Å². The van der Waals surface area contributed by atoms with Gasteiger partial charge in [-0.25, -0.2) is 0 Å². The molecule has 28 heavy (non-hydrogen) atoms. The fourth-order valence-electron chi connectivity index (χ4n) is 1.91. The summed E-state index contributed by atoms with van der Waals surface area (Å²) in [4.78, 5) is 30.6. The first-order chi connectivity index (χ1) is 12.7. The number of nitrogens with zero attached hydrogens (tertiary/aromatic N) is 2. The molecular formula is C17H18Br2N2O7. The molecule has 0 fully saturated rings. The van der Waals surface area contributed by atoms with Gasteiger partial charge in [0.2, 0.25) is 0 Å². The molecule has 0 aliphatic rings. The number of nitro groups is 2. The molecule has 0 amide bonds. The highest BCUT2D eigenvalue weighted by Gasteiger charge is 2.17. The molecule has 0 atom stereocenters. The number of hydrogen-bond donors (Lipinski definition) is 1. The molecule has 11 heteroatoms. The lowest BCUT2D eigenvalue weighted by molar-refractivity contribution is -0.386. The molecule has 0 aliphatic carbocycles. The van der Waals surface area contributed by atoms with Gasteiger partial charge < -0.3 is 9.84 Å². The maximum Gasteiger partial charge on any atom is 0.302 e. The number of aliphatic hydroxyl groups excluding tert-OH is 1. The average Bonchev–Trinajstić information content (AvgIpc) is 2.60. The van der Waals surface area contributed by atoms with Gasteiger partial charge in [0, 0.05) is 28.0 Å². The lowest BCUT2D eigenvalue weighted by atomic mass is 10.2. The molecular weight excluding hydrogens is 504 g/mol. The zero-order valence-electron chi connectivity index (χ0n) is 13.9. The van der Waals surface area contributed by atoms with Gasteiger partial charge in [0.05, 0.1) is 27.6 Å². The zero-order chi connectivity index (χ0) is 20.6. The fourth-order valence-corrected chi connectivity index (χ4v) is 2.86. The van der Waals surface area contributed by atoms with Crippen LogP contribution in [0, 0.1) is 20.2 Å². The smallest absolute Gasteiger partial charge is 0.302 e. The monoisotopic (exact) mass is 520 g/mol. The van der Waals surface area contributed by atoms with Crippen molar-refractivity contribution in [2.45, 2.75) is 27.6 Å². The normalized spacial score (nSPS) is 9.43. The van der Waals surface area contributed by atoms with Gasteiger partial charge in [0.1, 0.15) is 6.61 Å². The van der Waals surface area contributed by atoms with E-state index in [9.17, 15) is 25.0 Å². The highest BCUT2D eigenvalue weighted by atomic mass is 79.9. The van der Waals surface area contributed by atoms with Crippen molar-refractivity contribution in [3.8, 4) is 0 Å². The Labute approximate surface area is 177 Å². The molecule has 0 radical (unpaired) electrons. The Balaban J connectivity index is 0.000000514. The minimum atomic E-state index is -0.518. The molecule has 1 N–H and O–H groups in total. The molecule has 0 saturated carbocycles. The van der Waals surface area contributed by atoms with Gasteiger partial charge >= 0.3 is 5.97 Å². The SMILES string of the molecule is C.CC(=O)OCc1c(Br)cccc1[N+](=O)[O-].O=[N+]([O-])c1cccc(Br)c1CO. The topological polar surface area (TPSA) is 133 Å². The summed E-state index contributed by atoms with van der Waals surface area (Å²) in [5, 5.41) is 29.9. The van der Waals surface area contributed by atoms with Gasteiger partial charge in [-0.15, -0.1) is 0 Å². The van der Waals surface area contributed by atoms with Crippen LogP contribution < -0.4 is 0 Å². The van der Waals surface area contributed by atoms with E-state index in [0.29, 0.717) is 20.1 Å². The molecule has 0 spiro atoms. The minimum Gasteiger partial charge on any atom is -0.461 e. The first-order valence-corrected chi connectivity index (χ1v) is 8.85. The predicted octanol–water partition coefficient (Wildman–Crippen LogP) is 4.91. The number of rotatable bonds is 5. The van der Waals surface area contributed by atoms with Gasteiger partial charge in [-0.3, -0.25) is 25.0 Å². The number of nitro benzene ring substituents is 2. The third-order valence-electron chi connectivity index (χ3n) is 3.16. The van der Waals surface area contributed by atoms with Crippen molar-refractivity contribution >= 4 is 49.2 Å². The number of carbonyl (C=O) groups excluding carboxylic acids is 1. The number of esters is 1. The summed E-state index contributed by atoms with van der Waals surface area (Å²) in [6, 6.07) is 9.14. The molecule has 152 valence electrons. The van der Waals surface area contributed by atoms with Crippen molar-refractivity contribution in [3.05, 3.63) is 76.7 Å². The Kier molecular flexibility index (Phi) is 11.1. The van der Waals surface area contributed by atoms with Crippen LogP contribution in [0.15, 0.2) is 45.3 Å². The lowest BCUT2D eigenvalue weighted by Gasteiger charge is -2.05. The maximum absolute atomic E-state index is 10.7. The summed E-state index contributed by atoms with van der Waals surface area (Å²) >= 11 is 6.28. The number of hydrogen-bond acceptors (Lipinski definition) is 7. The highest BCUT2D eigenvalue weighted by molar-refractivity contribution is 9.10. The van der Waals surface area contributed by atoms with E-state index in [1.165, 1.54) is 19.1 Å². The lowest BCUT2D eigenvalue weighted by Crippen LogP contribution is -2.02. The third-order valence-corrected chi connectivity index (χ3v) is 4.65. The van der Waals surface area contributed by atoms with Crippen LogP contribution in [0.3, 0.4) is 0 Å². The minimum absolute atomic E-state index is 0. The van der Waals surface area contributed by atoms with E-state index >= 15 is 0 Å². The summed E-state index contributed by atoms with van der Waals surface area (Å²) in [7, 11) is 0. The maximum atomic E-state index is 10.7. The number of benzene rings is 2. The van der Waals surface area contributed by atoms with Crippen LogP contribution >= 0.6 is 31.9 Å². The molecule has 0 unspecified atom stereocenters. The van der Waals surface area contributed by atoms with Gasteiger partial charge in [-0.1, -0.05) is 51.4 Å². The van der Waals surface area contributed by atoms with Crippen LogP contribution in [0.2, 0.25) is 0 Å². The van der Waals surface area contributed by atoms with Crippen LogP contribution in [0.5, 0.6) is 0 Å². The first-order valence-electron chi connectivity index (χ1n) is 7.26. The van der Waals surface area contributed by atoms with E-state index in [1.54, 1.807) is 24.3 Å². The quantitative estimate of drug-likeness (QED) is 0.335. The van der Waals surface area contributed by atoms with Gasteiger partial charge in [0.25, 0.3) is 11.4 Å². The number of halogens is 2. The largest absolute Gasteiger partial charge is 0.461 e. The van der Waals surface area contributed by atoms with Gasteiger partial charge in [-0.2, -0.15) is 0 Å². The van der Waals surface area contributed by atoms with Crippen molar-refractivity contribution < 1.29 is 24.5 Å². The summed E-state index contributed by atoms with van der Waals surface area (Å²) in [5.41, 5.74) is 0.540. The second-order valence-corrected chi connectivity index (χ2v) is 6.64. The molecule has 9 nitrogen and oxygen atoms in total. The van der Waals surface area contributed by atoms with E-state index in [-0.39, 0.29) is 32.0 Å². The Bertz CT molecular complexity index is 859. The Morgan fingerprint density at radius 2 is 1.43 bits per heavy atom. The molecule has 0 aromatic heterocycles. The van der Waals surface area contributed by atoms with Crippen LogP contribution in [0.1, 0.15) is 25.5 Å². The van der Waals surface area contributed by atoms with Crippen LogP contribution in [-0.4, -0.2) is 20.9 Å². The van der Waals surface area contributed by atoms with Crippen LogP contribution in [0.25, 0.3) is 0 Å². The number of carbonyl (C=O) groups is 1. The standard InChI is InChI=1S/C9H8BrNO4.C7H6BrNO3.CH4/c1-6(12)15-5-7-8(10)3-2-4-9(7)11(13)14;8-6-2-1-3-7(9(11)12)5(6)4-10;/h2-4H,5H2,1H3;1-3,10H,4H2;1H4.